The van der Waals surface area contributed by atoms with Gasteiger partial charge in [0.05, 0.1) is 36.1 Å². The highest BCUT2D eigenvalue weighted by molar-refractivity contribution is 5.85. The summed E-state index contributed by atoms with van der Waals surface area (Å²) >= 11 is 0. The van der Waals surface area contributed by atoms with Gasteiger partial charge in [-0.3, -0.25) is 9.69 Å². The molecule has 0 radical (unpaired) electrons. The van der Waals surface area contributed by atoms with Gasteiger partial charge in [0, 0.05) is 61.1 Å². The van der Waals surface area contributed by atoms with Crippen molar-refractivity contribution in [1.82, 2.24) is 19.4 Å². The molecule has 3 saturated heterocycles. The van der Waals surface area contributed by atoms with Gasteiger partial charge in [0.25, 0.3) is 0 Å². The lowest BCUT2D eigenvalue weighted by molar-refractivity contribution is -0.0136. The van der Waals surface area contributed by atoms with E-state index in [1.54, 1.807) is 12.1 Å². The fourth-order valence-electron chi connectivity index (χ4n) is 6.56. The van der Waals surface area contributed by atoms with Gasteiger partial charge >= 0.3 is 0 Å². The molecule has 3 aromatic rings. The first-order valence-corrected chi connectivity index (χ1v) is 14.3. The molecule has 1 aromatic carbocycles. The van der Waals surface area contributed by atoms with E-state index in [9.17, 15) is 9.90 Å². The Balaban J connectivity index is 1.38. The molecule has 3 fully saturated rings. The SMILES string of the molecule is Cc1c(CN2CC[C@@]3(CCCO3)C2)n(C(C)C)c2cc(-c3nc(N[C@@H]4CCOC[C@H]4O)ncc3F)ccc2c1=O. The molecule has 0 bridgehead atoms. The Hall–Kier alpha value is -2.92. The van der Waals surface area contributed by atoms with Crippen molar-refractivity contribution in [3.63, 3.8) is 0 Å². The molecule has 214 valence electrons. The van der Waals surface area contributed by atoms with Gasteiger partial charge in [0.1, 0.15) is 5.69 Å². The smallest absolute Gasteiger partial charge is 0.223 e. The van der Waals surface area contributed by atoms with Crippen LogP contribution >= 0.6 is 0 Å². The number of aliphatic hydroxyl groups is 1. The second kappa shape index (κ2) is 10.8. The number of aliphatic hydroxyl groups excluding tert-OH is 1. The molecule has 9 nitrogen and oxygen atoms in total. The van der Waals surface area contributed by atoms with Crippen LogP contribution in [0.2, 0.25) is 0 Å². The maximum atomic E-state index is 15.1. The molecule has 2 aromatic heterocycles. The molecule has 5 heterocycles. The fraction of sp³-hybridized carbons (Fsp3) is 0.567. The van der Waals surface area contributed by atoms with Crippen molar-refractivity contribution in [2.24, 2.45) is 0 Å². The standard InChI is InChI=1S/C30H38FN5O4/c1-18(2)36-24-13-20(27-22(31)14-32-29(34-27)33-23-7-12-39-16-26(23)37)5-6-21(24)28(38)19(3)25(36)15-35-10-9-30(17-35)8-4-11-40-30/h5-6,13-14,18,23,26,37H,4,7-12,15-17H2,1-3H3,(H,32,33,34)/t23-,26-,30+/m1/s1. The van der Waals surface area contributed by atoms with E-state index < -0.39 is 11.9 Å². The van der Waals surface area contributed by atoms with E-state index in [0.29, 0.717) is 30.5 Å². The van der Waals surface area contributed by atoms with E-state index in [1.165, 1.54) is 0 Å². The zero-order valence-corrected chi connectivity index (χ0v) is 23.5. The number of pyridine rings is 1. The average Bonchev–Trinajstić information content (AvgIpc) is 3.57. The number of ether oxygens (including phenoxy) is 2. The quantitative estimate of drug-likeness (QED) is 0.477. The number of nitrogens with zero attached hydrogens (tertiary/aromatic N) is 4. The highest BCUT2D eigenvalue weighted by atomic mass is 19.1. The number of hydrogen-bond donors (Lipinski definition) is 2. The molecule has 0 amide bonds. The van der Waals surface area contributed by atoms with Crippen molar-refractivity contribution in [1.29, 1.82) is 0 Å². The number of aromatic nitrogens is 3. The number of nitrogens with one attached hydrogen (secondary N) is 1. The van der Waals surface area contributed by atoms with Crippen LogP contribution in [0.4, 0.5) is 10.3 Å². The maximum absolute atomic E-state index is 15.1. The zero-order chi connectivity index (χ0) is 28.0. The van der Waals surface area contributed by atoms with E-state index >= 15 is 4.39 Å². The van der Waals surface area contributed by atoms with Crippen LogP contribution in [0.1, 0.15) is 56.8 Å². The molecular weight excluding hydrogens is 513 g/mol. The van der Waals surface area contributed by atoms with E-state index in [1.807, 2.05) is 13.0 Å². The number of likely N-dealkylation sites (tertiary alicyclic amines) is 1. The van der Waals surface area contributed by atoms with Crippen molar-refractivity contribution in [2.45, 2.75) is 76.8 Å². The maximum Gasteiger partial charge on any atom is 0.223 e. The van der Waals surface area contributed by atoms with Gasteiger partial charge < -0.3 is 24.5 Å². The Labute approximate surface area is 233 Å². The molecule has 1 spiro atoms. The second-order valence-corrected chi connectivity index (χ2v) is 11.8. The Morgan fingerprint density at radius 2 is 2.12 bits per heavy atom. The molecular formula is C30H38FN5O4. The zero-order valence-electron chi connectivity index (χ0n) is 23.5. The van der Waals surface area contributed by atoms with Gasteiger partial charge in [0.2, 0.25) is 5.95 Å². The Morgan fingerprint density at radius 3 is 2.88 bits per heavy atom. The van der Waals surface area contributed by atoms with Gasteiger partial charge in [-0.2, -0.15) is 0 Å². The van der Waals surface area contributed by atoms with Crippen LogP contribution in [-0.4, -0.2) is 75.2 Å². The number of hydrogen-bond acceptors (Lipinski definition) is 8. The van der Waals surface area contributed by atoms with Crippen molar-refractivity contribution in [3.05, 3.63) is 51.7 Å². The minimum absolute atomic E-state index is 0.00139. The summed E-state index contributed by atoms with van der Waals surface area (Å²) in [5.74, 6) is -0.312. The molecule has 0 saturated carbocycles. The molecule has 0 unspecified atom stereocenters. The topological polar surface area (TPSA) is 102 Å². The Bertz CT molecular complexity index is 1470. The number of fused-ring (bicyclic) bond motifs is 1. The molecule has 2 N–H and O–H groups in total. The number of halogens is 1. The summed E-state index contributed by atoms with van der Waals surface area (Å²) in [6, 6.07) is 5.18. The van der Waals surface area contributed by atoms with E-state index in [0.717, 1.165) is 61.9 Å². The monoisotopic (exact) mass is 551 g/mol. The van der Waals surface area contributed by atoms with Crippen LogP contribution in [0.15, 0.2) is 29.2 Å². The van der Waals surface area contributed by atoms with Crippen LogP contribution in [0.25, 0.3) is 22.2 Å². The van der Waals surface area contributed by atoms with Gasteiger partial charge in [-0.05, 0) is 58.6 Å². The Morgan fingerprint density at radius 1 is 1.27 bits per heavy atom. The van der Waals surface area contributed by atoms with E-state index in [2.05, 4.69) is 38.6 Å². The lowest BCUT2D eigenvalue weighted by Crippen LogP contribution is -2.42. The average molecular weight is 552 g/mol. The lowest BCUT2D eigenvalue weighted by Gasteiger charge is -2.28. The molecule has 10 heteroatoms. The van der Waals surface area contributed by atoms with Crippen LogP contribution < -0.4 is 10.7 Å². The third kappa shape index (κ3) is 5.02. The summed E-state index contributed by atoms with van der Waals surface area (Å²) in [5, 5.41) is 14.0. The molecule has 6 rings (SSSR count). The first-order chi connectivity index (χ1) is 19.2. The van der Waals surface area contributed by atoms with Gasteiger partial charge in [-0.25, -0.2) is 14.4 Å². The summed E-state index contributed by atoms with van der Waals surface area (Å²) in [5.41, 5.74) is 3.15. The predicted molar refractivity (Wildman–Crippen MR) is 151 cm³/mol. The predicted octanol–water partition coefficient (Wildman–Crippen LogP) is 3.80. The van der Waals surface area contributed by atoms with Crippen LogP contribution in [0.5, 0.6) is 0 Å². The molecule has 3 atom stereocenters. The van der Waals surface area contributed by atoms with Crippen LogP contribution in [0, 0.1) is 12.7 Å². The summed E-state index contributed by atoms with van der Waals surface area (Å²) < 4.78 is 28.7. The third-order valence-electron chi connectivity index (χ3n) is 8.69. The lowest BCUT2D eigenvalue weighted by atomic mass is 10.00. The number of benzene rings is 1. The Kier molecular flexibility index (Phi) is 7.37. The number of anilines is 1. The third-order valence-corrected chi connectivity index (χ3v) is 8.69. The molecule has 0 aliphatic carbocycles. The molecule has 40 heavy (non-hydrogen) atoms. The highest BCUT2D eigenvalue weighted by Crippen LogP contribution is 2.36. The minimum atomic E-state index is -0.695. The van der Waals surface area contributed by atoms with Crippen molar-refractivity contribution >= 4 is 16.9 Å². The summed E-state index contributed by atoms with van der Waals surface area (Å²) in [6.45, 7) is 10.2. The van der Waals surface area contributed by atoms with Crippen molar-refractivity contribution in [2.75, 3.05) is 38.2 Å². The second-order valence-electron chi connectivity index (χ2n) is 11.8. The van der Waals surface area contributed by atoms with Crippen molar-refractivity contribution in [3.8, 4) is 11.3 Å². The first kappa shape index (κ1) is 27.3. The summed E-state index contributed by atoms with van der Waals surface area (Å²) in [7, 11) is 0. The summed E-state index contributed by atoms with van der Waals surface area (Å²) in [6.07, 6.45) is 4.26. The van der Waals surface area contributed by atoms with E-state index in [-0.39, 0.29) is 41.4 Å². The van der Waals surface area contributed by atoms with Gasteiger partial charge in [0.15, 0.2) is 11.2 Å². The fourth-order valence-corrected chi connectivity index (χ4v) is 6.56. The van der Waals surface area contributed by atoms with Crippen LogP contribution in [0.3, 0.4) is 0 Å². The van der Waals surface area contributed by atoms with E-state index in [4.69, 9.17) is 9.47 Å². The molecule has 3 aliphatic rings. The number of rotatable bonds is 6. The van der Waals surface area contributed by atoms with Crippen LogP contribution in [-0.2, 0) is 16.0 Å². The first-order valence-electron chi connectivity index (χ1n) is 14.3. The van der Waals surface area contributed by atoms with Crippen molar-refractivity contribution < 1.29 is 19.0 Å². The normalized spacial score (nSPS) is 25.4. The highest BCUT2D eigenvalue weighted by Gasteiger charge is 2.41. The summed E-state index contributed by atoms with van der Waals surface area (Å²) in [4.78, 5) is 24.6. The van der Waals surface area contributed by atoms with Gasteiger partial charge in [-0.15, -0.1) is 0 Å². The van der Waals surface area contributed by atoms with Gasteiger partial charge in [-0.1, -0.05) is 6.07 Å². The largest absolute Gasteiger partial charge is 0.389 e. The molecule has 3 aliphatic heterocycles. The minimum Gasteiger partial charge on any atom is -0.389 e.